The molecule has 0 aromatic heterocycles. The summed E-state index contributed by atoms with van der Waals surface area (Å²) in [5.41, 5.74) is 4.42. The lowest BCUT2D eigenvalue weighted by molar-refractivity contribution is -0.138. The molecule has 1 N–H and O–H groups in total. The highest BCUT2D eigenvalue weighted by molar-refractivity contribution is 5.89. The molecule has 0 aliphatic heterocycles. The monoisotopic (exact) mass is 722 g/mol. The maximum Gasteiger partial charge on any atom is 0.416 e. The minimum absolute atomic E-state index is 0.0547. The van der Waals surface area contributed by atoms with Crippen LogP contribution in [0.5, 0.6) is 5.75 Å². The van der Waals surface area contributed by atoms with Crippen LogP contribution in [0.4, 0.5) is 26.3 Å². The van der Waals surface area contributed by atoms with Crippen molar-refractivity contribution in [1.82, 2.24) is 0 Å². The predicted molar refractivity (Wildman–Crippen MR) is 190 cm³/mol. The van der Waals surface area contributed by atoms with Crippen LogP contribution in [0.2, 0.25) is 0 Å². The Morgan fingerprint density at radius 3 is 1.31 bits per heavy atom. The molecule has 0 spiro atoms. The van der Waals surface area contributed by atoms with E-state index < -0.39 is 29.4 Å². The van der Waals surface area contributed by atoms with E-state index in [9.17, 15) is 36.2 Å². The van der Waals surface area contributed by atoms with Crippen molar-refractivity contribution >= 4 is 5.97 Å². The van der Waals surface area contributed by atoms with Gasteiger partial charge in [0, 0.05) is 6.42 Å². The van der Waals surface area contributed by atoms with Crippen molar-refractivity contribution in [1.29, 1.82) is 0 Å². The molecule has 0 heterocycles. The third-order valence-electron chi connectivity index (χ3n) is 8.44. The van der Waals surface area contributed by atoms with Gasteiger partial charge in [0.1, 0.15) is 11.9 Å². The lowest BCUT2D eigenvalue weighted by Crippen LogP contribution is -2.18. The first-order chi connectivity index (χ1) is 24.7. The average molecular weight is 723 g/mol. The van der Waals surface area contributed by atoms with Crippen molar-refractivity contribution in [3.05, 3.63) is 149 Å². The molecule has 0 fully saturated rings. The van der Waals surface area contributed by atoms with E-state index in [4.69, 9.17) is 4.74 Å². The van der Waals surface area contributed by atoms with Crippen molar-refractivity contribution < 1.29 is 45.7 Å². The Hall–Kier alpha value is -5.09. The zero-order valence-electron chi connectivity index (χ0n) is 29.0. The second-order valence-corrected chi connectivity index (χ2v) is 12.2. The van der Waals surface area contributed by atoms with E-state index in [2.05, 4.69) is 4.74 Å². The van der Waals surface area contributed by atoms with Crippen LogP contribution < -0.4 is 4.74 Å². The number of alkyl halides is 6. The molecular formula is C42H40F6O4. The van der Waals surface area contributed by atoms with Crippen molar-refractivity contribution in [3.63, 3.8) is 0 Å². The first-order valence-corrected chi connectivity index (χ1v) is 16.8. The maximum absolute atomic E-state index is 12.7. The van der Waals surface area contributed by atoms with Crippen LogP contribution in [0, 0.1) is 0 Å². The second kappa shape index (κ2) is 17.9. The number of ether oxygens (including phenoxy) is 2. The number of carbonyl (C=O) groups excluding carboxylic acids is 1. The summed E-state index contributed by atoms with van der Waals surface area (Å²) in [5, 5.41) is 9.60. The van der Waals surface area contributed by atoms with Crippen molar-refractivity contribution in [2.24, 2.45) is 0 Å². The van der Waals surface area contributed by atoms with Crippen LogP contribution in [0.1, 0.15) is 59.3 Å². The van der Waals surface area contributed by atoms with E-state index in [1.165, 1.54) is 31.4 Å². The normalized spacial score (nSPS) is 12.7. The first kappa shape index (κ1) is 39.7. The number of esters is 1. The second-order valence-electron chi connectivity index (χ2n) is 12.2. The summed E-state index contributed by atoms with van der Waals surface area (Å²) in [5.74, 6) is 0.271. The molecule has 0 aliphatic rings. The largest absolute Gasteiger partial charge is 0.490 e. The highest BCUT2D eigenvalue weighted by Gasteiger charge is 2.30. The van der Waals surface area contributed by atoms with Crippen LogP contribution in [-0.4, -0.2) is 30.4 Å². The van der Waals surface area contributed by atoms with Gasteiger partial charge in [-0.2, -0.15) is 26.3 Å². The van der Waals surface area contributed by atoms with E-state index in [0.717, 1.165) is 64.1 Å². The maximum atomic E-state index is 12.7. The standard InChI is InChI=1S/C25H23F3O3.C17H17F3O/c1-3-22(31-23-14-10-20(11-15-23)24(29)30-2)16-17-4-6-18(7-5-17)19-8-12-21(13-9-19)25(26,27)28;1-2-16(21)11-12-3-5-13(6-4-12)14-7-9-15(10-8-14)17(18,19)20/h4-15,22H,3,16H2,1-2H3;3-10,16,21H,2,11H2,1H3. The van der Waals surface area contributed by atoms with Gasteiger partial charge in [-0.05, 0) is 101 Å². The van der Waals surface area contributed by atoms with Crippen LogP contribution in [0.15, 0.2) is 121 Å². The third-order valence-corrected chi connectivity index (χ3v) is 8.44. The molecule has 0 radical (unpaired) electrons. The summed E-state index contributed by atoms with van der Waals surface area (Å²) < 4.78 is 86.4. The summed E-state index contributed by atoms with van der Waals surface area (Å²) >= 11 is 0. The molecule has 5 aromatic carbocycles. The Labute approximate surface area is 299 Å². The van der Waals surface area contributed by atoms with E-state index in [1.807, 2.05) is 62.4 Å². The molecule has 2 unspecified atom stereocenters. The smallest absolute Gasteiger partial charge is 0.416 e. The molecule has 5 aromatic rings. The number of halogens is 6. The highest BCUT2D eigenvalue weighted by Crippen LogP contribution is 2.32. The summed E-state index contributed by atoms with van der Waals surface area (Å²) in [7, 11) is 1.34. The summed E-state index contributed by atoms with van der Waals surface area (Å²) in [6, 6.07) is 32.3. The molecule has 0 aliphatic carbocycles. The van der Waals surface area contributed by atoms with E-state index in [1.54, 1.807) is 24.3 Å². The first-order valence-electron chi connectivity index (χ1n) is 16.8. The fourth-order valence-corrected chi connectivity index (χ4v) is 5.30. The summed E-state index contributed by atoms with van der Waals surface area (Å²) in [6.07, 6.45) is -6.30. The lowest BCUT2D eigenvalue weighted by atomic mass is 10.00. The van der Waals surface area contributed by atoms with Crippen LogP contribution in [0.3, 0.4) is 0 Å². The number of aliphatic hydroxyl groups excluding tert-OH is 1. The molecule has 52 heavy (non-hydrogen) atoms. The van der Waals surface area contributed by atoms with Gasteiger partial charge < -0.3 is 14.6 Å². The molecule has 5 rings (SSSR count). The molecule has 0 saturated carbocycles. The van der Waals surface area contributed by atoms with Gasteiger partial charge in [-0.25, -0.2) is 4.79 Å². The Balaban J connectivity index is 0.000000251. The number of hydrogen-bond acceptors (Lipinski definition) is 4. The predicted octanol–water partition coefficient (Wildman–Crippen LogP) is 11.2. The number of benzene rings is 5. The zero-order valence-corrected chi connectivity index (χ0v) is 29.0. The topological polar surface area (TPSA) is 55.8 Å². The Morgan fingerprint density at radius 1 is 0.577 bits per heavy atom. The zero-order chi connectivity index (χ0) is 37.9. The minimum Gasteiger partial charge on any atom is -0.490 e. The molecule has 0 saturated heterocycles. The van der Waals surface area contributed by atoms with Crippen LogP contribution >= 0.6 is 0 Å². The fraction of sp³-hybridized carbons (Fsp3) is 0.262. The van der Waals surface area contributed by atoms with Crippen molar-refractivity contribution in [3.8, 4) is 28.0 Å². The van der Waals surface area contributed by atoms with Crippen molar-refractivity contribution in [2.45, 2.75) is 64.1 Å². The number of methoxy groups -OCH3 is 1. The Kier molecular flexibility index (Phi) is 13.7. The third kappa shape index (κ3) is 11.5. The highest BCUT2D eigenvalue weighted by atomic mass is 19.4. The van der Waals surface area contributed by atoms with Gasteiger partial charge in [0.25, 0.3) is 0 Å². The summed E-state index contributed by atoms with van der Waals surface area (Å²) in [4.78, 5) is 11.5. The number of rotatable bonds is 11. The molecule has 274 valence electrons. The molecular weight excluding hydrogens is 682 g/mol. The van der Waals surface area contributed by atoms with Gasteiger partial charge in [0.2, 0.25) is 0 Å². The van der Waals surface area contributed by atoms with Crippen LogP contribution in [0.25, 0.3) is 22.3 Å². The molecule has 10 heteroatoms. The average Bonchev–Trinajstić information content (AvgIpc) is 3.14. The molecule has 0 bridgehead atoms. The van der Waals surface area contributed by atoms with Gasteiger partial charge >= 0.3 is 18.3 Å². The van der Waals surface area contributed by atoms with Gasteiger partial charge in [-0.3, -0.25) is 0 Å². The fourth-order valence-electron chi connectivity index (χ4n) is 5.30. The summed E-state index contributed by atoms with van der Waals surface area (Å²) in [6.45, 7) is 3.95. The van der Waals surface area contributed by atoms with E-state index >= 15 is 0 Å². The number of aliphatic hydroxyl groups is 1. The van der Waals surface area contributed by atoms with Gasteiger partial charge in [0.15, 0.2) is 0 Å². The minimum atomic E-state index is -4.34. The van der Waals surface area contributed by atoms with Crippen LogP contribution in [-0.2, 0) is 29.9 Å². The van der Waals surface area contributed by atoms with E-state index in [-0.39, 0.29) is 12.2 Å². The van der Waals surface area contributed by atoms with Gasteiger partial charge in [-0.1, -0.05) is 86.6 Å². The Bertz CT molecular complexity index is 1830. The number of carbonyl (C=O) groups is 1. The molecule has 2 atom stereocenters. The SMILES string of the molecule is CCC(Cc1ccc(-c2ccc(C(F)(F)F)cc2)cc1)Oc1ccc(C(=O)OC)cc1.CCC(O)Cc1ccc(-c2ccc(C(F)(F)F)cc2)cc1. The lowest BCUT2D eigenvalue weighted by Gasteiger charge is -2.18. The van der Waals surface area contributed by atoms with Gasteiger partial charge in [0.05, 0.1) is 29.9 Å². The quantitative estimate of drug-likeness (QED) is 0.109. The van der Waals surface area contributed by atoms with Gasteiger partial charge in [-0.15, -0.1) is 0 Å². The van der Waals surface area contributed by atoms with E-state index in [0.29, 0.717) is 30.6 Å². The van der Waals surface area contributed by atoms with Crippen molar-refractivity contribution in [2.75, 3.05) is 7.11 Å². The molecule has 4 nitrogen and oxygen atoms in total. The Morgan fingerprint density at radius 2 is 0.962 bits per heavy atom. The molecule has 0 amide bonds. The number of hydrogen-bond donors (Lipinski definition) is 1.